The summed E-state index contributed by atoms with van der Waals surface area (Å²) in [5.74, 6) is 1.08. The van der Waals surface area contributed by atoms with E-state index in [2.05, 4.69) is 15.0 Å². The molecule has 5 nitrogen and oxygen atoms in total. The number of fused-ring (bicyclic) bond motifs is 1. The number of carbonyl (C=O) groups is 1. The number of nitrogens with one attached hydrogen (secondary N) is 1. The molecule has 120 valence electrons. The minimum atomic E-state index is -2.90. The van der Waals surface area contributed by atoms with Crippen LogP contribution in [-0.4, -0.2) is 35.6 Å². The minimum Gasteiger partial charge on any atom is -0.417 e. The van der Waals surface area contributed by atoms with Gasteiger partial charge in [0, 0.05) is 19.2 Å². The van der Waals surface area contributed by atoms with Gasteiger partial charge in [0.2, 0.25) is 5.88 Å². The summed E-state index contributed by atoms with van der Waals surface area (Å²) in [5.41, 5.74) is 0.474. The van der Waals surface area contributed by atoms with Crippen LogP contribution in [0, 0.1) is 11.8 Å². The summed E-state index contributed by atoms with van der Waals surface area (Å²) in [6, 6.07) is 2.66. The Kier molecular flexibility index (Phi) is 4.40. The Morgan fingerprint density at radius 3 is 2.50 bits per heavy atom. The first-order valence-electron chi connectivity index (χ1n) is 7.58. The van der Waals surface area contributed by atoms with E-state index in [0.29, 0.717) is 17.5 Å². The number of pyridine rings is 1. The molecule has 0 bridgehead atoms. The van der Waals surface area contributed by atoms with E-state index < -0.39 is 6.61 Å². The van der Waals surface area contributed by atoms with Gasteiger partial charge in [0.25, 0.3) is 0 Å². The fourth-order valence-corrected chi connectivity index (χ4v) is 3.39. The molecular formula is C15H19F2N3O2. The van der Waals surface area contributed by atoms with Gasteiger partial charge in [-0.2, -0.15) is 8.78 Å². The van der Waals surface area contributed by atoms with Gasteiger partial charge in [-0.3, -0.25) is 0 Å². The number of halogens is 2. The van der Waals surface area contributed by atoms with Gasteiger partial charge in [-0.25, -0.2) is 9.78 Å². The number of anilines is 1. The zero-order chi connectivity index (χ0) is 15.5. The molecule has 0 radical (unpaired) electrons. The number of urea groups is 1. The first-order chi connectivity index (χ1) is 10.6. The van der Waals surface area contributed by atoms with Crippen LogP contribution in [0.5, 0.6) is 5.88 Å². The Balaban J connectivity index is 1.55. The smallest absolute Gasteiger partial charge is 0.388 e. The molecule has 1 saturated heterocycles. The number of hydrogen-bond acceptors (Lipinski definition) is 3. The zero-order valence-electron chi connectivity index (χ0n) is 12.2. The molecule has 1 N–H and O–H groups in total. The normalized spacial score (nSPS) is 24.2. The van der Waals surface area contributed by atoms with Crippen molar-refractivity contribution in [3.8, 4) is 5.88 Å². The van der Waals surface area contributed by atoms with Crippen molar-refractivity contribution >= 4 is 11.7 Å². The third-order valence-electron chi connectivity index (χ3n) is 4.46. The summed E-state index contributed by atoms with van der Waals surface area (Å²) in [6.45, 7) is -1.30. The van der Waals surface area contributed by atoms with Gasteiger partial charge in [0.05, 0.1) is 11.9 Å². The molecular weight excluding hydrogens is 292 g/mol. The number of ether oxygens (including phenoxy) is 1. The molecule has 2 amide bonds. The van der Waals surface area contributed by atoms with E-state index in [1.54, 1.807) is 0 Å². The molecule has 3 rings (SSSR count). The molecule has 2 heterocycles. The second kappa shape index (κ2) is 6.46. The summed E-state index contributed by atoms with van der Waals surface area (Å²) >= 11 is 0. The Hall–Kier alpha value is -1.92. The number of likely N-dealkylation sites (tertiary alicyclic amines) is 1. The van der Waals surface area contributed by atoms with E-state index in [1.807, 2.05) is 4.90 Å². The van der Waals surface area contributed by atoms with Crippen molar-refractivity contribution in [3.05, 3.63) is 18.3 Å². The molecule has 2 fully saturated rings. The van der Waals surface area contributed by atoms with Gasteiger partial charge in [0.1, 0.15) is 0 Å². The molecule has 22 heavy (non-hydrogen) atoms. The van der Waals surface area contributed by atoms with Crippen molar-refractivity contribution < 1.29 is 18.3 Å². The summed E-state index contributed by atoms with van der Waals surface area (Å²) < 4.78 is 28.3. The summed E-state index contributed by atoms with van der Waals surface area (Å²) in [5, 5.41) is 2.76. The molecule has 0 aromatic carbocycles. The Bertz CT molecular complexity index is 510. The van der Waals surface area contributed by atoms with E-state index in [-0.39, 0.29) is 11.9 Å². The van der Waals surface area contributed by atoms with Crippen LogP contribution in [0.25, 0.3) is 0 Å². The largest absolute Gasteiger partial charge is 0.417 e. The first kappa shape index (κ1) is 15.0. The lowest BCUT2D eigenvalue weighted by Crippen LogP contribution is -2.33. The van der Waals surface area contributed by atoms with Gasteiger partial charge < -0.3 is 15.0 Å². The number of carbonyl (C=O) groups excluding carboxylic acids is 1. The summed E-state index contributed by atoms with van der Waals surface area (Å²) in [4.78, 5) is 17.8. The lowest BCUT2D eigenvalue weighted by Gasteiger charge is -2.22. The van der Waals surface area contributed by atoms with Crippen LogP contribution in [0.3, 0.4) is 0 Å². The molecule has 1 aromatic rings. The van der Waals surface area contributed by atoms with Crippen molar-refractivity contribution in [2.24, 2.45) is 11.8 Å². The van der Waals surface area contributed by atoms with E-state index >= 15 is 0 Å². The number of rotatable bonds is 3. The molecule has 2 aliphatic rings. The SMILES string of the molecule is O=C(Nc1ccc(OC(F)F)nc1)N1CC2CCCCC2C1. The number of amides is 2. The predicted octanol–water partition coefficient (Wildman–Crippen LogP) is 3.34. The van der Waals surface area contributed by atoms with Crippen LogP contribution >= 0.6 is 0 Å². The second-order valence-electron chi connectivity index (χ2n) is 5.90. The average molecular weight is 311 g/mol. The summed E-state index contributed by atoms with van der Waals surface area (Å²) in [7, 11) is 0. The average Bonchev–Trinajstić information content (AvgIpc) is 2.93. The fraction of sp³-hybridized carbons (Fsp3) is 0.600. The maximum atomic E-state index is 12.3. The van der Waals surface area contributed by atoms with E-state index in [0.717, 1.165) is 13.1 Å². The highest BCUT2D eigenvalue weighted by Gasteiger charge is 2.36. The lowest BCUT2D eigenvalue weighted by atomic mass is 9.82. The molecule has 1 aliphatic heterocycles. The lowest BCUT2D eigenvalue weighted by molar-refractivity contribution is -0.0528. The van der Waals surface area contributed by atoms with Crippen molar-refractivity contribution in [1.29, 1.82) is 0 Å². The molecule has 1 aromatic heterocycles. The molecule has 1 saturated carbocycles. The Morgan fingerprint density at radius 1 is 1.27 bits per heavy atom. The number of hydrogen-bond donors (Lipinski definition) is 1. The van der Waals surface area contributed by atoms with Crippen LogP contribution in [0.2, 0.25) is 0 Å². The number of aromatic nitrogens is 1. The highest BCUT2D eigenvalue weighted by Crippen LogP contribution is 2.36. The maximum Gasteiger partial charge on any atom is 0.388 e. The van der Waals surface area contributed by atoms with Crippen molar-refractivity contribution in [2.75, 3.05) is 18.4 Å². The highest BCUT2D eigenvalue weighted by atomic mass is 19.3. The Labute approximate surface area is 127 Å². The highest BCUT2D eigenvalue weighted by molar-refractivity contribution is 5.89. The van der Waals surface area contributed by atoms with Crippen LogP contribution in [0.15, 0.2) is 18.3 Å². The number of alkyl halides is 2. The topological polar surface area (TPSA) is 54.5 Å². The Morgan fingerprint density at radius 2 is 1.95 bits per heavy atom. The van der Waals surface area contributed by atoms with Gasteiger partial charge in [0.15, 0.2) is 0 Å². The van der Waals surface area contributed by atoms with Crippen LogP contribution in [0.1, 0.15) is 25.7 Å². The van der Waals surface area contributed by atoms with Gasteiger partial charge in [-0.15, -0.1) is 0 Å². The molecule has 0 spiro atoms. The van der Waals surface area contributed by atoms with E-state index in [1.165, 1.54) is 44.0 Å². The van der Waals surface area contributed by atoms with Crippen molar-refractivity contribution in [3.63, 3.8) is 0 Å². The molecule has 1 aliphatic carbocycles. The summed E-state index contributed by atoms with van der Waals surface area (Å²) in [6.07, 6.45) is 6.24. The first-order valence-corrected chi connectivity index (χ1v) is 7.58. The van der Waals surface area contributed by atoms with Crippen LogP contribution in [-0.2, 0) is 0 Å². The third kappa shape index (κ3) is 3.45. The quantitative estimate of drug-likeness (QED) is 0.931. The number of nitrogens with zero attached hydrogens (tertiary/aromatic N) is 2. The van der Waals surface area contributed by atoms with Gasteiger partial charge >= 0.3 is 12.6 Å². The van der Waals surface area contributed by atoms with Crippen LogP contribution in [0.4, 0.5) is 19.3 Å². The van der Waals surface area contributed by atoms with Crippen molar-refractivity contribution in [2.45, 2.75) is 32.3 Å². The zero-order valence-corrected chi connectivity index (χ0v) is 12.2. The molecule has 2 atom stereocenters. The second-order valence-corrected chi connectivity index (χ2v) is 5.90. The molecule has 7 heteroatoms. The minimum absolute atomic E-state index is 0.154. The third-order valence-corrected chi connectivity index (χ3v) is 4.46. The standard InChI is InChI=1S/C15H19F2N3O2/c16-14(17)22-13-6-5-12(7-18-13)19-15(21)20-8-10-3-1-2-4-11(10)9-20/h5-7,10-11,14H,1-4,8-9H2,(H,19,21). The van der Waals surface area contributed by atoms with Crippen LogP contribution < -0.4 is 10.1 Å². The predicted molar refractivity (Wildman–Crippen MR) is 76.9 cm³/mol. The van der Waals surface area contributed by atoms with Gasteiger partial charge in [-0.1, -0.05) is 12.8 Å². The maximum absolute atomic E-state index is 12.3. The fourth-order valence-electron chi connectivity index (χ4n) is 3.39. The van der Waals surface area contributed by atoms with Gasteiger partial charge in [-0.05, 0) is 30.7 Å². The van der Waals surface area contributed by atoms with E-state index in [4.69, 9.17) is 0 Å². The van der Waals surface area contributed by atoms with E-state index in [9.17, 15) is 13.6 Å². The van der Waals surface area contributed by atoms with Crippen molar-refractivity contribution in [1.82, 2.24) is 9.88 Å². The monoisotopic (exact) mass is 311 g/mol. The molecule has 2 unspecified atom stereocenters.